The molecule has 23 heavy (non-hydrogen) atoms. The van der Waals surface area contributed by atoms with E-state index in [-0.39, 0.29) is 10.5 Å². The van der Waals surface area contributed by atoms with Crippen molar-refractivity contribution in [3.05, 3.63) is 29.3 Å². The summed E-state index contributed by atoms with van der Waals surface area (Å²) < 4.78 is 23.4. The van der Waals surface area contributed by atoms with E-state index in [0.717, 1.165) is 5.56 Å². The van der Waals surface area contributed by atoms with Crippen molar-refractivity contribution < 1.29 is 23.1 Å². The number of piperidine rings is 1. The van der Waals surface area contributed by atoms with Crippen LogP contribution in [0.3, 0.4) is 0 Å². The molecule has 0 unspecified atom stereocenters. The molecule has 0 radical (unpaired) electrons. The van der Waals surface area contributed by atoms with Crippen LogP contribution >= 0.6 is 0 Å². The average Bonchev–Trinajstić information content (AvgIpc) is 2.45. The highest BCUT2D eigenvalue weighted by Gasteiger charge is 2.36. The van der Waals surface area contributed by atoms with Crippen molar-refractivity contribution in [3.63, 3.8) is 0 Å². The number of nitrogens with two attached hydrogens (primary N) is 1. The number of carboxylic acid groups (broad SMARTS) is 1. The second kappa shape index (κ2) is 6.29. The summed E-state index contributed by atoms with van der Waals surface area (Å²) in [6.07, 6.45) is 1.06. The van der Waals surface area contributed by atoms with Crippen molar-refractivity contribution in [1.82, 2.24) is 4.90 Å². The summed E-state index contributed by atoms with van der Waals surface area (Å²) >= 11 is 0. The number of hydrogen-bond acceptors (Lipinski definition) is 4. The summed E-state index contributed by atoms with van der Waals surface area (Å²) in [7, 11) is -4.05. The van der Waals surface area contributed by atoms with E-state index in [1.165, 1.54) is 17.0 Å². The lowest BCUT2D eigenvalue weighted by Crippen LogP contribution is -2.49. The minimum Gasteiger partial charge on any atom is -0.481 e. The van der Waals surface area contributed by atoms with Crippen molar-refractivity contribution in [2.24, 2.45) is 11.1 Å². The number of nitrogens with zero attached hydrogens (tertiary/aromatic N) is 1. The Morgan fingerprint density at radius 2 is 2.00 bits per heavy atom. The molecule has 0 bridgehead atoms. The Balaban J connectivity index is 2.44. The lowest BCUT2D eigenvalue weighted by molar-refractivity contribution is -0.144. The van der Waals surface area contributed by atoms with Gasteiger partial charge in [0, 0.05) is 12.6 Å². The molecule has 3 N–H and O–H groups in total. The van der Waals surface area contributed by atoms with Gasteiger partial charge in [0.1, 0.15) is 0 Å². The second-order valence-corrected chi connectivity index (χ2v) is 7.40. The van der Waals surface area contributed by atoms with Crippen LogP contribution in [0, 0.1) is 12.8 Å². The van der Waals surface area contributed by atoms with Crippen LogP contribution in [0.5, 0.6) is 0 Å². The Morgan fingerprint density at radius 1 is 1.35 bits per heavy atom. The molecule has 1 saturated heterocycles. The minimum absolute atomic E-state index is 0.00890. The highest BCUT2D eigenvalue weighted by Crippen LogP contribution is 2.27. The number of carboxylic acids is 1. The first-order chi connectivity index (χ1) is 10.6. The van der Waals surface area contributed by atoms with Crippen molar-refractivity contribution in [2.45, 2.75) is 37.6 Å². The molecule has 2 rings (SSSR count). The van der Waals surface area contributed by atoms with Gasteiger partial charge in [-0.15, -0.1) is 0 Å². The molecular weight excluding hydrogens is 320 g/mol. The molecule has 0 saturated carbocycles. The molecule has 2 atom stereocenters. The summed E-state index contributed by atoms with van der Waals surface area (Å²) in [5.74, 6) is -2.11. The number of aliphatic carboxylic acids is 1. The number of carbonyl (C=O) groups is 2. The van der Waals surface area contributed by atoms with Gasteiger partial charge in [0.25, 0.3) is 5.91 Å². The fraction of sp³-hybridized carbons (Fsp3) is 0.467. The van der Waals surface area contributed by atoms with Gasteiger partial charge in [0.15, 0.2) is 0 Å². The van der Waals surface area contributed by atoms with Gasteiger partial charge in [0.05, 0.1) is 16.4 Å². The average molecular weight is 340 g/mol. The van der Waals surface area contributed by atoms with Gasteiger partial charge < -0.3 is 10.0 Å². The third-order valence-corrected chi connectivity index (χ3v) is 5.21. The van der Waals surface area contributed by atoms with Crippen LogP contribution in [0.15, 0.2) is 23.1 Å². The fourth-order valence-corrected chi connectivity index (χ4v) is 3.68. The van der Waals surface area contributed by atoms with Crippen LogP contribution in [0.25, 0.3) is 0 Å². The van der Waals surface area contributed by atoms with Gasteiger partial charge in [-0.2, -0.15) is 0 Å². The Bertz CT molecular complexity index is 744. The summed E-state index contributed by atoms with van der Waals surface area (Å²) in [5.41, 5.74) is 0.714. The highest BCUT2D eigenvalue weighted by molar-refractivity contribution is 7.89. The zero-order valence-corrected chi connectivity index (χ0v) is 13.8. The van der Waals surface area contributed by atoms with Gasteiger partial charge in [-0.05, 0) is 38.8 Å². The summed E-state index contributed by atoms with van der Waals surface area (Å²) in [4.78, 5) is 25.3. The molecule has 0 aliphatic carbocycles. The Morgan fingerprint density at radius 3 is 2.57 bits per heavy atom. The third kappa shape index (κ3) is 3.53. The van der Waals surface area contributed by atoms with E-state index in [2.05, 4.69) is 0 Å². The van der Waals surface area contributed by atoms with Crippen LogP contribution in [0.4, 0.5) is 0 Å². The number of primary sulfonamides is 1. The van der Waals surface area contributed by atoms with E-state index in [4.69, 9.17) is 5.14 Å². The number of benzene rings is 1. The zero-order valence-electron chi connectivity index (χ0n) is 13.0. The predicted molar refractivity (Wildman–Crippen MR) is 83.4 cm³/mol. The summed E-state index contributed by atoms with van der Waals surface area (Å²) in [5, 5.41) is 14.4. The molecule has 1 aliphatic heterocycles. The molecule has 1 aliphatic rings. The molecule has 8 heteroatoms. The molecule has 0 aromatic heterocycles. The molecule has 126 valence electrons. The van der Waals surface area contributed by atoms with E-state index in [0.29, 0.717) is 19.4 Å². The normalized spacial score (nSPS) is 22.0. The lowest BCUT2D eigenvalue weighted by atomic mass is 9.89. The number of rotatable bonds is 3. The second-order valence-electron chi connectivity index (χ2n) is 5.87. The van der Waals surface area contributed by atoms with Crippen LogP contribution in [-0.4, -0.2) is 42.9 Å². The van der Waals surface area contributed by atoms with Crippen molar-refractivity contribution in [1.29, 1.82) is 0 Å². The van der Waals surface area contributed by atoms with Crippen molar-refractivity contribution in [2.75, 3.05) is 6.54 Å². The first-order valence-electron chi connectivity index (χ1n) is 7.30. The minimum atomic E-state index is -4.05. The van der Waals surface area contributed by atoms with E-state index in [9.17, 15) is 23.1 Å². The van der Waals surface area contributed by atoms with Gasteiger partial charge in [-0.3, -0.25) is 9.59 Å². The van der Waals surface area contributed by atoms with E-state index >= 15 is 0 Å². The van der Waals surface area contributed by atoms with Crippen molar-refractivity contribution in [3.8, 4) is 0 Å². The standard InChI is InChI=1S/C15H20N2O5S/c1-9-5-6-13(23(16,21)22)12(8-9)14(18)17-7-3-4-11(10(17)2)15(19)20/h5-6,8,10-11H,3-4,7H2,1-2H3,(H,19,20)(H2,16,21,22)/t10-,11-/m1/s1. The number of carbonyl (C=O) groups excluding carboxylic acids is 1. The molecule has 1 heterocycles. The maximum atomic E-state index is 12.8. The maximum absolute atomic E-state index is 12.8. The maximum Gasteiger partial charge on any atom is 0.308 e. The lowest BCUT2D eigenvalue weighted by Gasteiger charge is -2.37. The molecule has 1 fully saturated rings. The predicted octanol–water partition coefficient (Wildman–Crippen LogP) is 0.968. The van der Waals surface area contributed by atoms with Gasteiger partial charge in [-0.25, -0.2) is 13.6 Å². The van der Waals surface area contributed by atoms with Gasteiger partial charge in [-0.1, -0.05) is 11.6 Å². The van der Waals surface area contributed by atoms with E-state index < -0.39 is 33.9 Å². The highest BCUT2D eigenvalue weighted by atomic mass is 32.2. The topological polar surface area (TPSA) is 118 Å². The Labute approximate surface area is 135 Å². The van der Waals surface area contributed by atoms with Gasteiger partial charge >= 0.3 is 5.97 Å². The number of hydrogen-bond donors (Lipinski definition) is 2. The van der Waals surface area contributed by atoms with E-state index in [1.54, 1.807) is 19.9 Å². The van der Waals surface area contributed by atoms with Gasteiger partial charge in [0.2, 0.25) is 10.0 Å². The molecule has 0 spiro atoms. The molecular formula is C15H20N2O5S. The first kappa shape index (κ1) is 17.4. The van der Waals surface area contributed by atoms with Crippen LogP contribution in [-0.2, 0) is 14.8 Å². The quantitative estimate of drug-likeness (QED) is 0.850. The first-order valence-corrected chi connectivity index (χ1v) is 8.85. The smallest absolute Gasteiger partial charge is 0.308 e. The number of sulfonamides is 1. The van der Waals surface area contributed by atoms with E-state index in [1.807, 2.05) is 0 Å². The Kier molecular flexibility index (Phi) is 4.76. The number of aryl methyl sites for hydroxylation is 1. The fourth-order valence-electron chi connectivity index (χ4n) is 2.97. The van der Waals surface area contributed by atoms with Crippen LogP contribution < -0.4 is 5.14 Å². The molecule has 1 aromatic carbocycles. The molecule has 1 aromatic rings. The number of likely N-dealkylation sites (tertiary alicyclic amines) is 1. The zero-order chi connectivity index (χ0) is 17.4. The Hall–Kier alpha value is -1.93. The third-order valence-electron chi connectivity index (χ3n) is 4.24. The largest absolute Gasteiger partial charge is 0.481 e. The summed E-state index contributed by atoms with van der Waals surface area (Å²) in [6, 6.07) is 3.83. The molecule has 1 amide bonds. The number of amides is 1. The molecule has 7 nitrogen and oxygen atoms in total. The van der Waals surface area contributed by atoms with Crippen LogP contribution in [0.1, 0.15) is 35.7 Å². The van der Waals surface area contributed by atoms with Crippen molar-refractivity contribution >= 4 is 21.9 Å². The van der Waals surface area contributed by atoms with Crippen LogP contribution in [0.2, 0.25) is 0 Å². The monoisotopic (exact) mass is 340 g/mol. The SMILES string of the molecule is Cc1ccc(S(N)(=O)=O)c(C(=O)N2CCC[C@@H](C(=O)O)[C@H]2C)c1. The summed E-state index contributed by atoms with van der Waals surface area (Å²) in [6.45, 7) is 3.80.